The molecular formula is C22H20ClN3OS. The van der Waals surface area contributed by atoms with E-state index in [0.717, 1.165) is 22.6 Å². The van der Waals surface area contributed by atoms with E-state index in [9.17, 15) is 0 Å². The predicted molar refractivity (Wildman–Crippen MR) is 114 cm³/mol. The van der Waals surface area contributed by atoms with Gasteiger partial charge in [-0.1, -0.05) is 52.7 Å². The lowest BCUT2D eigenvalue weighted by molar-refractivity contribution is 0.380. The summed E-state index contributed by atoms with van der Waals surface area (Å²) in [5, 5.41) is 4.83. The third-order valence-corrected chi connectivity index (χ3v) is 5.96. The third kappa shape index (κ3) is 4.32. The van der Waals surface area contributed by atoms with Crippen LogP contribution >= 0.6 is 23.4 Å². The molecule has 2 aromatic carbocycles. The minimum Gasteiger partial charge on any atom is -0.376 e. The fourth-order valence-electron chi connectivity index (χ4n) is 2.95. The van der Waals surface area contributed by atoms with E-state index in [1.807, 2.05) is 49.7 Å². The molecule has 4 nitrogen and oxygen atoms in total. The molecule has 0 aliphatic carbocycles. The molecule has 1 aromatic heterocycles. The van der Waals surface area contributed by atoms with Gasteiger partial charge in [-0.25, -0.2) is 0 Å². The SMILES string of the molecule is Cc1ccc(SC(c2ccc(Cl)cc2)c2nc(C3=CC=CN(C)C3)no2)cc1. The summed E-state index contributed by atoms with van der Waals surface area (Å²) in [4.78, 5) is 7.95. The first-order valence-electron chi connectivity index (χ1n) is 8.99. The second kappa shape index (κ2) is 8.25. The van der Waals surface area contributed by atoms with Crippen LogP contribution in [-0.2, 0) is 0 Å². The molecule has 4 rings (SSSR count). The zero-order valence-corrected chi connectivity index (χ0v) is 17.2. The molecule has 28 heavy (non-hydrogen) atoms. The number of aryl methyl sites for hydroxylation is 1. The van der Waals surface area contributed by atoms with Crippen LogP contribution in [0.4, 0.5) is 0 Å². The molecule has 0 spiro atoms. The number of hydrogen-bond donors (Lipinski definition) is 0. The number of hydrogen-bond acceptors (Lipinski definition) is 5. The van der Waals surface area contributed by atoms with Gasteiger partial charge in [-0.3, -0.25) is 0 Å². The molecule has 1 aliphatic heterocycles. The van der Waals surface area contributed by atoms with Crippen molar-refractivity contribution in [3.63, 3.8) is 0 Å². The molecule has 0 saturated carbocycles. The largest absolute Gasteiger partial charge is 0.376 e. The van der Waals surface area contributed by atoms with E-state index in [0.29, 0.717) is 16.7 Å². The van der Waals surface area contributed by atoms with Crippen molar-refractivity contribution in [3.8, 4) is 0 Å². The molecule has 1 unspecified atom stereocenters. The minimum absolute atomic E-state index is 0.112. The van der Waals surface area contributed by atoms with E-state index >= 15 is 0 Å². The van der Waals surface area contributed by atoms with Gasteiger partial charge in [0.15, 0.2) is 5.82 Å². The first kappa shape index (κ1) is 18.8. The lowest BCUT2D eigenvalue weighted by atomic mass is 10.1. The fraction of sp³-hybridized carbons (Fsp3) is 0.182. The van der Waals surface area contributed by atoms with Gasteiger partial charge in [-0.2, -0.15) is 4.98 Å². The zero-order valence-electron chi connectivity index (χ0n) is 15.7. The molecular weight excluding hydrogens is 390 g/mol. The Labute approximate surface area is 173 Å². The highest BCUT2D eigenvalue weighted by Gasteiger charge is 2.24. The Morgan fingerprint density at radius 2 is 1.86 bits per heavy atom. The van der Waals surface area contributed by atoms with Gasteiger partial charge in [-0.15, -0.1) is 11.8 Å². The highest BCUT2D eigenvalue weighted by Crippen LogP contribution is 2.40. The maximum Gasteiger partial charge on any atom is 0.244 e. The van der Waals surface area contributed by atoms with Crippen molar-refractivity contribution in [1.82, 2.24) is 15.0 Å². The van der Waals surface area contributed by atoms with Gasteiger partial charge in [-0.05, 0) is 49.0 Å². The standard InChI is InChI=1S/C22H20ClN3OS/c1-15-5-11-19(12-6-15)28-20(16-7-9-18(23)10-8-16)22-24-21(25-27-22)17-4-3-13-26(2)14-17/h3-13,20H,14H2,1-2H3. The lowest BCUT2D eigenvalue weighted by Gasteiger charge is -2.17. The molecule has 0 amide bonds. The number of halogens is 1. The molecule has 142 valence electrons. The number of thioether (sulfide) groups is 1. The molecule has 0 radical (unpaired) electrons. The maximum atomic E-state index is 6.08. The van der Waals surface area contributed by atoms with Crippen molar-refractivity contribution < 1.29 is 4.52 Å². The summed E-state index contributed by atoms with van der Waals surface area (Å²) in [6.45, 7) is 2.84. The minimum atomic E-state index is -0.112. The highest BCUT2D eigenvalue weighted by molar-refractivity contribution is 7.99. The number of nitrogens with zero attached hydrogens (tertiary/aromatic N) is 3. The summed E-state index contributed by atoms with van der Waals surface area (Å²) >= 11 is 7.77. The van der Waals surface area contributed by atoms with Gasteiger partial charge >= 0.3 is 0 Å². The number of allylic oxidation sites excluding steroid dienone is 2. The van der Waals surface area contributed by atoms with Crippen LogP contribution in [0.5, 0.6) is 0 Å². The van der Waals surface area contributed by atoms with Crippen LogP contribution < -0.4 is 0 Å². The Balaban J connectivity index is 1.67. The van der Waals surface area contributed by atoms with Crippen LogP contribution in [0.1, 0.15) is 28.1 Å². The van der Waals surface area contributed by atoms with Gasteiger partial charge < -0.3 is 9.42 Å². The lowest BCUT2D eigenvalue weighted by Crippen LogP contribution is -2.16. The molecule has 2 heterocycles. The van der Waals surface area contributed by atoms with Crippen molar-refractivity contribution in [3.05, 3.63) is 94.7 Å². The Hall–Kier alpha value is -2.50. The van der Waals surface area contributed by atoms with E-state index in [-0.39, 0.29) is 5.25 Å². The Kier molecular flexibility index (Phi) is 5.55. The number of likely N-dealkylation sites (N-methyl/N-ethyl adjacent to an activating group) is 1. The predicted octanol–water partition coefficient (Wildman–Crippen LogP) is 5.76. The summed E-state index contributed by atoms with van der Waals surface area (Å²) in [5.41, 5.74) is 3.34. The number of aromatic nitrogens is 2. The fourth-order valence-corrected chi connectivity index (χ4v) is 4.13. The molecule has 1 aliphatic rings. The molecule has 0 bridgehead atoms. The molecule has 3 aromatic rings. The van der Waals surface area contributed by atoms with Crippen molar-refractivity contribution in [2.75, 3.05) is 13.6 Å². The maximum absolute atomic E-state index is 6.08. The van der Waals surface area contributed by atoms with Gasteiger partial charge in [0.1, 0.15) is 5.25 Å². The topological polar surface area (TPSA) is 42.2 Å². The molecule has 0 N–H and O–H groups in total. The average Bonchev–Trinajstić information content (AvgIpc) is 3.18. The second-order valence-electron chi connectivity index (χ2n) is 6.77. The van der Waals surface area contributed by atoms with Gasteiger partial charge in [0.05, 0.1) is 0 Å². The average molecular weight is 410 g/mol. The molecule has 0 saturated heterocycles. The zero-order chi connectivity index (χ0) is 19.5. The summed E-state index contributed by atoms with van der Waals surface area (Å²) < 4.78 is 5.70. The van der Waals surface area contributed by atoms with Crippen LogP contribution in [0.2, 0.25) is 5.02 Å². The van der Waals surface area contributed by atoms with Crippen LogP contribution in [-0.4, -0.2) is 28.6 Å². The number of rotatable bonds is 5. The van der Waals surface area contributed by atoms with Crippen molar-refractivity contribution in [1.29, 1.82) is 0 Å². The summed E-state index contributed by atoms with van der Waals surface area (Å²) in [7, 11) is 2.02. The summed E-state index contributed by atoms with van der Waals surface area (Å²) in [6, 6.07) is 16.2. The van der Waals surface area contributed by atoms with E-state index in [1.165, 1.54) is 5.56 Å². The van der Waals surface area contributed by atoms with Crippen molar-refractivity contribution in [2.24, 2.45) is 0 Å². The quantitative estimate of drug-likeness (QED) is 0.501. The monoisotopic (exact) mass is 409 g/mol. The molecule has 1 atom stereocenters. The smallest absolute Gasteiger partial charge is 0.244 e. The second-order valence-corrected chi connectivity index (χ2v) is 8.38. The van der Waals surface area contributed by atoms with E-state index in [1.54, 1.807) is 11.8 Å². The van der Waals surface area contributed by atoms with Crippen LogP contribution in [0.25, 0.3) is 5.57 Å². The van der Waals surface area contributed by atoms with E-state index < -0.39 is 0 Å². The highest BCUT2D eigenvalue weighted by atomic mass is 35.5. The molecule has 6 heteroatoms. The Bertz CT molecular complexity index is 1010. The van der Waals surface area contributed by atoms with Crippen LogP contribution in [0, 0.1) is 6.92 Å². The summed E-state index contributed by atoms with van der Waals surface area (Å²) in [6.07, 6.45) is 6.04. The first-order chi connectivity index (χ1) is 13.6. The number of benzene rings is 2. The van der Waals surface area contributed by atoms with Crippen molar-refractivity contribution in [2.45, 2.75) is 17.1 Å². The van der Waals surface area contributed by atoms with Gasteiger partial charge in [0, 0.05) is 29.1 Å². The Morgan fingerprint density at radius 1 is 1.11 bits per heavy atom. The van der Waals surface area contributed by atoms with E-state index in [4.69, 9.17) is 21.1 Å². The van der Waals surface area contributed by atoms with Crippen LogP contribution in [0.3, 0.4) is 0 Å². The first-order valence-corrected chi connectivity index (χ1v) is 10.2. The van der Waals surface area contributed by atoms with Gasteiger partial charge in [0.2, 0.25) is 5.89 Å². The van der Waals surface area contributed by atoms with E-state index in [2.05, 4.69) is 41.2 Å². The van der Waals surface area contributed by atoms with Crippen molar-refractivity contribution >= 4 is 28.9 Å². The Morgan fingerprint density at radius 3 is 2.57 bits per heavy atom. The van der Waals surface area contributed by atoms with Crippen LogP contribution in [0.15, 0.2) is 76.3 Å². The normalized spacial score (nSPS) is 14.8. The molecule has 0 fully saturated rings. The third-order valence-electron chi connectivity index (χ3n) is 4.46. The van der Waals surface area contributed by atoms with Gasteiger partial charge in [0.25, 0.3) is 0 Å². The summed E-state index contributed by atoms with van der Waals surface area (Å²) in [5.74, 6) is 1.22.